The molecule has 5 nitrogen and oxygen atoms in total. The Morgan fingerprint density at radius 3 is 2.68 bits per heavy atom. The minimum Gasteiger partial charge on any atom is -0.347 e. The lowest BCUT2D eigenvalue weighted by molar-refractivity contribution is -0.114. The Labute approximate surface area is 171 Å². The molecule has 6 heteroatoms. The van der Waals surface area contributed by atoms with Crippen LogP contribution in [0.25, 0.3) is 0 Å². The van der Waals surface area contributed by atoms with Gasteiger partial charge in [-0.2, -0.15) is 0 Å². The molecule has 0 radical (unpaired) electrons. The molecule has 4 rings (SSSR count). The highest BCUT2D eigenvalue weighted by Gasteiger charge is 2.39. The highest BCUT2D eigenvalue weighted by molar-refractivity contribution is 8.00. The van der Waals surface area contributed by atoms with E-state index in [2.05, 4.69) is 58.6 Å². The summed E-state index contributed by atoms with van der Waals surface area (Å²) in [7, 11) is 2.04. The van der Waals surface area contributed by atoms with Crippen molar-refractivity contribution in [2.75, 3.05) is 11.9 Å². The maximum Gasteiger partial charge on any atom is 0.191 e. The van der Waals surface area contributed by atoms with Gasteiger partial charge in [-0.25, -0.2) is 0 Å². The molecule has 1 aromatic heterocycles. The van der Waals surface area contributed by atoms with Gasteiger partial charge in [0.25, 0.3) is 0 Å². The number of rotatable bonds is 6. The quantitative estimate of drug-likeness (QED) is 0.530. The highest BCUT2D eigenvalue weighted by atomic mass is 32.2. The van der Waals surface area contributed by atoms with Crippen LogP contribution in [0.1, 0.15) is 57.8 Å². The van der Waals surface area contributed by atoms with Crippen LogP contribution >= 0.6 is 11.8 Å². The zero-order chi connectivity index (χ0) is 20.1. The summed E-state index contributed by atoms with van der Waals surface area (Å²) in [6, 6.07) is 8.37. The predicted octanol–water partition coefficient (Wildman–Crippen LogP) is 4.54. The lowest BCUT2D eigenvalue weighted by atomic mass is 9.83. The fourth-order valence-electron chi connectivity index (χ4n) is 4.06. The van der Waals surface area contributed by atoms with Crippen LogP contribution in [0.4, 0.5) is 5.69 Å². The third-order valence-electron chi connectivity index (χ3n) is 5.91. The van der Waals surface area contributed by atoms with Crippen molar-refractivity contribution in [1.82, 2.24) is 14.8 Å². The summed E-state index contributed by atoms with van der Waals surface area (Å²) in [5.41, 5.74) is 3.29. The van der Waals surface area contributed by atoms with Gasteiger partial charge in [-0.05, 0) is 38.3 Å². The molecule has 28 heavy (non-hydrogen) atoms. The molecular weight excluding hydrogens is 368 g/mol. The van der Waals surface area contributed by atoms with E-state index in [4.69, 9.17) is 0 Å². The minimum atomic E-state index is -0.207. The third kappa shape index (κ3) is 3.17. The maximum atomic E-state index is 13.1. The van der Waals surface area contributed by atoms with Gasteiger partial charge in [0.1, 0.15) is 5.82 Å². The summed E-state index contributed by atoms with van der Waals surface area (Å²) in [4.78, 5) is 15.2. The zero-order valence-electron chi connectivity index (χ0n) is 17.3. The summed E-state index contributed by atoms with van der Waals surface area (Å²) in [5, 5.41) is 9.40. The Kier molecular flexibility index (Phi) is 4.86. The van der Waals surface area contributed by atoms with E-state index in [1.807, 2.05) is 26.1 Å². The molecule has 1 fully saturated rings. The number of ketones is 1. The number of allylic oxidation sites excluding steroid dienone is 2. The summed E-state index contributed by atoms with van der Waals surface area (Å²) in [5.74, 6) is 1.75. The van der Waals surface area contributed by atoms with E-state index >= 15 is 0 Å². The third-order valence-corrected chi connectivity index (χ3v) is 7.01. The van der Waals surface area contributed by atoms with E-state index < -0.39 is 0 Å². The van der Waals surface area contributed by atoms with Gasteiger partial charge in [-0.3, -0.25) is 4.79 Å². The first-order chi connectivity index (χ1) is 13.3. The highest BCUT2D eigenvalue weighted by Crippen LogP contribution is 2.46. The average Bonchev–Trinajstić information content (AvgIpc) is 3.42. The molecule has 1 aromatic carbocycles. The van der Waals surface area contributed by atoms with Crippen LogP contribution < -0.4 is 4.90 Å². The second-order valence-corrected chi connectivity index (χ2v) is 9.56. The van der Waals surface area contributed by atoms with Crippen LogP contribution in [0.5, 0.6) is 0 Å². The largest absolute Gasteiger partial charge is 0.347 e. The molecule has 1 aliphatic heterocycles. The number of carbonyl (C=O) groups is 1. The Morgan fingerprint density at radius 1 is 1.32 bits per heavy atom. The topological polar surface area (TPSA) is 51.0 Å². The molecule has 0 saturated heterocycles. The summed E-state index contributed by atoms with van der Waals surface area (Å²) >= 11 is 1.51. The first-order valence-corrected chi connectivity index (χ1v) is 10.9. The van der Waals surface area contributed by atoms with Crippen LogP contribution in [0.3, 0.4) is 0 Å². The maximum absolute atomic E-state index is 13.1. The van der Waals surface area contributed by atoms with Crippen molar-refractivity contribution in [3.05, 3.63) is 47.4 Å². The fraction of sp³-hybridized carbons (Fsp3) is 0.500. The average molecular weight is 397 g/mol. The van der Waals surface area contributed by atoms with E-state index in [-0.39, 0.29) is 16.4 Å². The molecule has 0 bridgehead atoms. The Bertz CT molecular complexity index is 942. The number of fused-ring (bicyclic) bond motifs is 1. The number of thioether (sulfide) groups is 1. The van der Waals surface area contributed by atoms with E-state index in [0.29, 0.717) is 5.92 Å². The molecule has 0 N–H and O–H groups in total. The molecular formula is C22H28N4OS. The van der Waals surface area contributed by atoms with Crippen molar-refractivity contribution in [2.24, 2.45) is 0 Å². The van der Waals surface area contributed by atoms with Gasteiger partial charge in [0.15, 0.2) is 10.9 Å². The standard InChI is InChI=1S/C22H28N4OS/c1-6-26-20(15-11-12-15)23-24-21(26)28-14(2)18(27)13-19-22(3,4)16-9-7-8-10-17(16)25(19)5/h7-10,13-15H,6,11-12H2,1-5H3/b19-13-. The monoisotopic (exact) mass is 396 g/mol. The number of para-hydroxylation sites is 1. The van der Waals surface area contributed by atoms with Gasteiger partial charge >= 0.3 is 0 Å². The number of likely N-dealkylation sites (N-methyl/N-ethyl adjacent to an activating group) is 1. The second-order valence-electron chi connectivity index (χ2n) is 8.25. The second kappa shape index (κ2) is 7.07. The molecule has 2 aliphatic rings. The van der Waals surface area contributed by atoms with Gasteiger partial charge in [0.2, 0.25) is 0 Å². The molecule has 1 aliphatic carbocycles. The van der Waals surface area contributed by atoms with Gasteiger partial charge in [0.05, 0.1) is 5.25 Å². The van der Waals surface area contributed by atoms with Crippen molar-refractivity contribution >= 4 is 23.2 Å². The van der Waals surface area contributed by atoms with E-state index in [1.165, 1.54) is 35.9 Å². The van der Waals surface area contributed by atoms with Crippen LogP contribution in [0.15, 0.2) is 41.2 Å². The Morgan fingerprint density at radius 2 is 2.04 bits per heavy atom. The molecule has 1 atom stereocenters. The van der Waals surface area contributed by atoms with Gasteiger partial charge in [0, 0.05) is 42.4 Å². The molecule has 2 aromatic rings. The van der Waals surface area contributed by atoms with Crippen molar-refractivity contribution in [3.63, 3.8) is 0 Å². The molecule has 0 amide bonds. The zero-order valence-corrected chi connectivity index (χ0v) is 18.1. The van der Waals surface area contributed by atoms with Gasteiger partial charge in [-0.15, -0.1) is 10.2 Å². The van der Waals surface area contributed by atoms with Crippen LogP contribution in [-0.4, -0.2) is 32.8 Å². The van der Waals surface area contributed by atoms with Gasteiger partial charge in [-0.1, -0.05) is 43.8 Å². The molecule has 2 heterocycles. The number of benzene rings is 1. The fourth-order valence-corrected chi connectivity index (χ4v) is 4.99. The number of carbonyl (C=O) groups excluding carboxylic acids is 1. The summed E-state index contributed by atoms with van der Waals surface area (Å²) < 4.78 is 2.17. The van der Waals surface area contributed by atoms with Gasteiger partial charge < -0.3 is 9.47 Å². The van der Waals surface area contributed by atoms with Crippen molar-refractivity contribution in [2.45, 2.75) is 68.8 Å². The van der Waals surface area contributed by atoms with Crippen LogP contribution in [0.2, 0.25) is 0 Å². The van der Waals surface area contributed by atoms with E-state index in [9.17, 15) is 4.79 Å². The smallest absolute Gasteiger partial charge is 0.191 e. The van der Waals surface area contributed by atoms with Crippen molar-refractivity contribution in [3.8, 4) is 0 Å². The molecule has 0 spiro atoms. The number of aromatic nitrogens is 3. The predicted molar refractivity (Wildman–Crippen MR) is 114 cm³/mol. The number of anilines is 1. The lowest BCUT2D eigenvalue weighted by Crippen LogP contribution is -2.25. The molecule has 1 saturated carbocycles. The normalized spacial score (nSPS) is 20.5. The Balaban J connectivity index is 1.55. The van der Waals surface area contributed by atoms with E-state index in [0.717, 1.165) is 23.2 Å². The number of hydrogen-bond acceptors (Lipinski definition) is 5. The lowest BCUT2D eigenvalue weighted by Gasteiger charge is -2.24. The molecule has 1 unspecified atom stereocenters. The SMILES string of the molecule is CCn1c(SC(C)C(=O)/C=C2\N(C)c3ccccc3C2(C)C)nnc1C1CC1. The van der Waals surface area contributed by atoms with Crippen molar-refractivity contribution < 1.29 is 4.79 Å². The Hall–Kier alpha value is -2.08. The summed E-state index contributed by atoms with van der Waals surface area (Å²) in [6.45, 7) is 9.28. The number of hydrogen-bond donors (Lipinski definition) is 0. The molecule has 148 valence electrons. The first-order valence-electron chi connectivity index (χ1n) is 10.0. The van der Waals surface area contributed by atoms with Crippen molar-refractivity contribution in [1.29, 1.82) is 0 Å². The minimum absolute atomic E-state index is 0.117. The summed E-state index contributed by atoms with van der Waals surface area (Å²) in [6.07, 6.45) is 4.23. The first kappa shape index (κ1) is 19.2. The number of nitrogens with zero attached hydrogens (tertiary/aromatic N) is 4. The van der Waals surface area contributed by atoms with Crippen LogP contribution in [-0.2, 0) is 16.8 Å². The van der Waals surface area contributed by atoms with Crippen LogP contribution in [0, 0.1) is 0 Å². The van der Waals surface area contributed by atoms with E-state index in [1.54, 1.807) is 0 Å².